The molecule has 0 radical (unpaired) electrons. The van der Waals surface area contributed by atoms with Gasteiger partial charge in [0.1, 0.15) is 10.6 Å². The third-order valence-electron chi connectivity index (χ3n) is 4.31. The van der Waals surface area contributed by atoms with E-state index in [2.05, 4.69) is 0 Å². The number of para-hydroxylation sites is 1. The molecule has 0 heterocycles. The van der Waals surface area contributed by atoms with Crippen LogP contribution in [0.25, 0.3) is 0 Å². The Labute approximate surface area is 178 Å². The predicted molar refractivity (Wildman–Crippen MR) is 115 cm³/mol. The minimum absolute atomic E-state index is 0.105. The van der Waals surface area contributed by atoms with E-state index in [4.69, 9.17) is 19.3 Å². The predicted octanol–water partition coefficient (Wildman–Crippen LogP) is 2.50. The van der Waals surface area contributed by atoms with Crippen LogP contribution >= 0.6 is 0 Å². The van der Waals surface area contributed by atoms with Gasteiger partial charge in [0.25, 0.3) is 0 Å². The van der Waals surface area contributed by atoms with E-state index < -0.39 is 10.0 Å². The van der Waals surface area contributed by atoms with Crippen LogP contribution < -0.4 is 14.8 Å². The third kappa shape index (κ3) is 6.96. The van der Waals surface area contributed by atoms with Crippen LogP contribution in [0.15, 0.2) is 47.4 Å². The number of nitrogens with two attached hydrogens (primary N) is 1. The number of hydrogen-bond donors (Lipinski definition) is 2. The topological polar surface area (TPSA) is 111 Å². The van der Waals surface area contributed by atoms with Gasteiger partial charge >= 0.3 is 0 Å². The molecule has 2 aromatic rings. The van der Waals surface area contributed by atoms with Crippen LogP contribution in [-0.2, 0) is 26.1 Å². The number of sulfonamides is 1. The number of nitrogens with zero attached hydrogens (tertiary/aromatic N) is 1. The smallest absolute Gasteiger partial charge is 0.241 e. The standard InChI is InChI=1S/C21H30N2O6S/c1-3-27-12-10-23(11-13-28-4-2)19-14-17(16-24)15-20(30(22,25)26)21(19)29-18-8-6-5-7-9-18/h5-9,14-15,24H,3-4,10-13,16H2,1-2H3,(H2,22,25,26). The number of primary sulfonamides is 1. The van der Waals surface area contributed by atoms with Gasteiger partial charge in [-0.15, -0.1) is 0 Å². The van der Waals surface area contributed by atoms with E-state index in [0.29, 0.717) is 56.5 Å². The Kier molecular flexibility index (Phi) is 9.54. The van der Waals surface area contributed by atoms with Crippen LogP contribution in [0.2, 0.25) is 0 Å². The van der Waals surface area contributed by atoms with E-state index in [1.165, 1.54) is 6.07 Å². The maximum Gasteiger partial charge on any atom is 0.241 e. The van der Waals surface area contributed by atoms with Crippen LogP contribution in [0.4, 0.5) is 5.69 Å². The molecular weight excluding hydrogens is 408 g/mol. The minimum Gasteiger partial charge on any atom is -0.454 e. The lowest BCUT2D eigenvalue weighted by atomic mass is 10.1. The molecule has 0 fully saturated rings. The Morgan fingerprint density at radius 3 is 2.10 bits per heavy atom. The van der Waals surface area contributed by atoms with Crippen molar-refractivity contribution in [2.75, 3.05) is 44.4 Å². The third-order valence-corrected chi connectivity index (χ3v) is 5.22. The van der Waals surface area contributed by atoms with Crippen LogP contribution in [0.1, 0.15) is 19.4 Å². The second-order valence-corrected chi connectivity index (χ2v) is 7.97. The second kappa shape index (κ2) is 11.9. The van der Waals surface area contributed by atoms with Gasteiger partial charge in [-0.05, 0) is 43.7 Å². The molecule has 0 aliphatic carbocycles. The quantitative estimate of drug-likeness (QED) is 0.462. The van der Waals surface area contributed by atoms with Crippen LogP contribution in [-0.4, -0.2) is 53.0 Å². The molecular formula is C21H30N2O6S. The van der Waals surface area contributed by atoms with Gasteiger partial charge in [-0.1, -0.05) is 18.2 Å². The summed E-state index contributed by atoms with van der Waals surface area (Å²) < 4.78 is 41.7. The summed E-state index contributed by atoms with van der Waals surface area (Å²) >= 11 is 0. The van der Waals surface area contributed by atoms with Crippen molar-refractivity contribution in [3.05, 3.63) is 48.0 Å². The highest BCUT2D eigenvalue weighted by atomic mass is 32.2. The molecule has 0 amide bonds. The van der Waals surface area contributed by atoms with Gasteiger partial charge in [0.15, 0.2) is 5.75 Å². The molecule has 30 heavy (non-hydrogen) atoms. The van der Waals surface area contributed by atoms with Crippen molar-refractivity contribution >= 4 is 15.7 Å². The molecule has 2 rings (SSSR count). The van der Waals surface area contributed by atoms with Crippen LogP contribution in [0, 0.1) is 0 Å². The number of hydrogen-bond acceptors (Lipinski definition) is 7. The number of aliphatic hydroxyl groups excluding tert-OH is 1. The van der Waals surface area contributed by atoms with Crippen molar-refractivity contribution in [3.8, 4) is 11.5 Å². The summed E-state index contributed by atoms with van der Waals surface area (Å²) in [4.78, 5) is 1.72. The van der Waals surface area contributed by atoms with Gasteiger partial charge in [0, 0.05) is 26.3 Å². The highest BCUT2D eigenvalue weighted by molar-refractivity contribution is 7.89. The monoisotopic (exact) mass is 438 g/mol. The average Bonchev–Trinajstić information content (AvgIpc) is 2.73. The molecule has 3 N–H and O–H groups in total. The van der Waals surface area contributed by atoms with Crippen molar-refractivity contribution in [3.63, 3.8) is 0 Å². The van der Waals surface area contributed by atoms with Gasteiger partial charge in [-0.25, -0.2) is 13.6 Å². The number of ether oxygens (including phenoxy) is 3. The molecule has 0 aliphatic heterocycles. The molecule has 0 saturated carbocycles. The van der Waals surface area contributed by atoms with Crippen molar-refractivity contribution in [1.29, 1.82) is 0 Å². The van der Waals surface area contributed by atoms with E-state index in [1.54, 1.807) is 30.3 Å². The van der Waals surface area contributed by atoms with Crippen molar-refractivity contribution < 1.29 is 27.7 Å². The van der Waals surface area contributed by atoms with E-state index in [0.717, 1.165) is 0 Å². The lowest BCUT2D eigenvalue weighted by molar-refractivity contribution is 0.141. The number of aliphatic hydroxyl groups is 1. The Bertz CT molecular complexity index is 880. The Morgan fingerprint density at radius 2 is 1.60 bits per heavy atom. The first kappa shape index (κ1) is 24.1. The highest BCUT2D eigenvalue weighted by Gasteiger charge is 2.24. The first-order valence-corrected chi connectivity index (χ1v) is 11.4. The molecule has 0 saturated heterocycles. The Morgan fingerprint density at radius 1 is 1.00 bits per heavy atom. The molecule has 166 valence electrons. The van der Waals surface area contributed by atoms with Gasteiger partial charge < -0.3 is 24.2 Å². The van der Waals surface area contributed by atoms with Crippen molar-refractivity contribution in [2.24, 2.45) is 5.14 Å². The zero-order valence-electron chi connectivity index (χ0n) is 17.4. The summed E-state index contributed by atoms with van der Waals surface area (Å²) in [6.45, 7) is 6.41. The summed E-state index contributed by atoms with van der Waals surface area (Å²) in [5.41, 5.74) is 0.904. The molecule has 0 unspecified atom stereocenters. The molecule has 8 nitrogen and oxygen atoms in total. The lowest BCUT2D eigenvalue weighted by Gasteiger charge is -2.28. The number of rotatable bonds is 13. The highest BCUT2D eigenvalue weighted by Crippen LogP contribution is 2.39. The summed E-state index contributed by atoms with van der Waals surface area (Å²) in [5, 5.41) is 15.2. The summed E-state index contributed by atoms with van der Waals surface area (Å²) in [7, 11) is -4.12. The van der Waals surface area contributed by atoms with Gasteiger partial charge in [0.05, 0.1) is 25.5 Å². The normalized spacial score (nSPS) is 11.5. The van der Waals surface area contributed by atoms with Gasteiger partial charge in [0.2, 0.25) is 10.0 Å². The Balaban J connectivity index is 2.58. The second-order valence-electron chi connectivity index (χ2n) is 6.44. The molecule has 9 heteroatoms. The molecule has 0 spiro atoms. The maximum atomic E-state index is 12.4. The first-order valence-electron chi connectivity index (χ1n) is 9.84. The van der Waals surface area contributed by atoms with Crippen molar-refractivity contribution in [2.45, 2.75) is 25.3 Å². The number of anilines is 1. The molecule has 0 atom stereocenters. The number of benzene rings is 2. The zero-order valence-corrected chi connectivity index (χ0v) is 18.2. The van der Waals surface area contributed by atoms with E-state index in [-0.39, 0.29) is 17.3 Å². The van der Waals surface area contributed by atoms with E-state index in [1.807, 2.05) is 24.8 Å². The van der Waals surface area contributed by atoms with Gasteiger partial charge in [-0.3, -0.25) is 0 Å². The van der Waals surface area contributed by atoms with Gasteiger partial charge in [-0.2, -0.15) is 0 Å². The fourth-order valence-electron chi connectivity index (χ4n) is 2.88. The fourth-order valence-corrected chi connectivity index (χ4v) is 3.60. The van der Waals surface area contributed by atoms with Crippen LogP contribution in [0.5, 0.6) is 11.5 Å². The average molecular weight is 439 g/mol. The Hall–Kier alpha value is -2.17. The zero-order chi connectivity index (χ0) is 22.0. The summed E-state index contributed by atoms with van der Waals surface area (Å²) in [6, 6.07) is 11.9. The first-order chi connectivity index (χ1) is 14.4. The minimum atomic E-state index is -4.12. The molecule has 0 aliphatic rings. The maximum absolute atomic E-state index is 12.4. The van der Waals surface area contributed by atoms with Crippen LogP contribution in [0.3, 0.4) is 0 Å². The molecule has 0 bridgehead atoms. The SMILES string of the molecule is CCOCCN(CCOCC)c1cc(CO)cc(S(N)(=O)=O)c1Oc1ccccc1. The van der Waals surface area contributed by atoms with E-state index >= 15 is 0 Å². The van der Waals surface area contributed by atoms with E-state index in [9.17, 15) is 13.5 Å². The molecule has 2 aromatic carbocycles. The van der Waals surface area contributed by atoms with Crippen molar-refractivity contribution in [1.82, 2.24) is 0 Å². The summed E-state index contributed by atoms with van der Waals surface area (Å²) in [6.07, 6.45) is 0. The largest absolute Gasteiger partial charge is 0.454 e. The fraction of sp³-hybridized carbons (Fsp3) is 0.429. The molecule has 0 aromatic heterocycles. The lowest BCUT2D eigenvalue weighted by Crippen LogP contribution is -2.32. The summed E-state index contributed by atoms with van der Waals surface area (Å²) in [5.74, 6) is 0.573.